The fourth-order valence-corrected chi connectivity index (χ4v) is 2.06. The molecule has 0 aliphatic rings. The Balaban J connectivity index is 3.05. The number of aromatic amines is 1. The van der Waals surface area contributed by atoms with Crippen molar-refractivity contribution in [2.24, 2.45) is 0 Å². The average Bonchev–Trinajstić information content (AvgIpc) is 2.25. The van der Waals surface area contributed by atoms with Crippen LogP contribution in [-0.2, 0) is 6.54 Å². The maximum Gasteiger partial charge on any atom is 0.328 e. The lowest BCUT2D eigenvalue weighted by molar-refractivity contribution is 0.684. The molecule has 1 N–H and O–H groups in total. The molecule has 0 spiro atoms. The number of rotatable bonds is 1. The van der Waals surface area contributed by atoms with E-state index in [0.29, 0.717) is 17.4 Å². The van der Waals surface area contributed by atoms with Crippen molar-refractivity contribution in [1.29, 1.82) is 0 Å². The summed E-state index contributed by atoms with van der Waals surface area (Å²) < 4.78 is 2.07. The summed E-state index contributed by atoms with van der Waals surface area (Å²) in [6.07, 6.45) is 0. The maximum absolute atomic E-state index is 12.0. The van der Waals surface area contributed by atoms with E-state index in [1.165, 1.54) is 4.57 Å². The highest BCUT2D eigenvalue weighted by Gasteiger charge is 2.09. The van der Waals surface area contributed by atoms with Gasteiger partial charge in [0.1, 0.15) is 0 Å². The molecular weight excluding hydrogens is 272 g/mol. The number of H-pyrrole nitrogens is 1. The standard InChI is InChI=1S/C11H11BrN2O2/c1-3-14-10(15)7-4-5-8(12)6(2)9(7)13-11(14)16/h4-5H,3H2,1-2H3,(H,13,16). The molecule has 0 fully saturated rings. The maximum atomic E-state index is 12.0. The SMILES string of the molecule is CCn1c(=O)[nH]c2c(C)c(Br)ccc2c1=O. The van der Waals surface area contributed by atoms with Crippen LogP contribution in [0.3, 0.4) is 0 Å². The number of aryl methyl sites for hydroxylation is 1. The molecule has 0 aliphatic carbocycles. The number of halogens is 1. The molecule has 2 aromatic rings. The minimum absolute atomic E-state index is 0.239. The van der Waals surface area contributed by atoms with Crippen molar-refractivity contribution in [2.75, 3.05) is 0 Å². The fourth-order valence-electron chi connectivity index (χ4n) is 1.72. The zero-order chi connectivity index (χ0) is 11.9. The molecule has 0 saturated heterocycles. The summed E-state index contributed by atoms with van der Waals surface area (Å²) in [5.41, 5.74) is 0.877. The van der Waals surface area contributed by atoms with Crippen LogP contribution in [0.4, 0.5) is 0 Å². The first-order valence-electron chi connectivity index (χ1n) is 4.98. The van der Waals surface area contributed by atoms with Crippen molar-refractivity contribution in [1.82, 2.24) is 9.55 Å². The Labute approximate surface area is 100 Å². The number of hydrogen-bond donors (Lipinski definition) is 1. The van der Waals surface area contributed by atoms with E-state index in [4.69, 9.17) is 0 Å². The van der Waals surface area contributed by atoms with Gasteiger partial charge in [-0.1, -0.05) is 15.9 Å². The van der Waals surface area contributed by atoms with E-state index in [2.05, 4.69) is 20.9 Å². The van der Waals surface area contributed by atoms with Crippen LogP contribution in [0.2, 0.25) is 0 Å². The average molecular weight is 283 g/mol. The van der Waals surface area contributed by atoms with Gasteiger partial charge in [0.2, 0.25) is 0 Å². The summed E-state index contributed by atoms with van der Waals surface area (Å²) in [5.74, 6) is 0. The molecule has 0 bridgehead atoms. The second kappa shape index (κ2) is 3.90. The summed E-state index contributed by atoms with van der Waals surface area (Å²) in [6, 6.07) is 3.54. The molecule has 2 rings (SSSR count). The minimum atomic E-state index is -0.360. The summed E-state index contributed by atoms with van der Waals surface area (Å²) in [4.78, 5) is 26.3. The second-order valence-electron chi connectivity index (χ2n) is 3.57. The molecule has 16 heavy (non-hydrogen) atoms. The Morgan fingerprint density at radius 1 is 1.38 bits per heavy atom. The quantitative estimate of drug-likeness (QED) is 0.867. The first kappa shape index (κ1) is 11.1. The van der Waals surface area contributed by atoms with Crippen LogP contribution in [-0.4, -0.2) is 9.55 Å². The smallest absolute Gasteiger partial charge is 0.306 e. The Kier molecular flexibility index (Phi) is 2.71. The molecule has 0 radical (unpaired) electrons. The van der Waals surface area contributed by atoms with E-state index in [1.54, 1.807) is 13.0 Å². The van der Waals surface area contributed by atoms with Crippen LogP contribution in [0, 0.1) is 6.92 Å². The molecule has 0 aliphatic heterocycles. The molecule has 84 valence electrons. The second-order valence-corrected chi connectivity index (χ2v) is 4.43. The molecule has 0 unspecified atom stereocenters. The zero-order valence-electron chi connectivity index (χ0n) is 9.00. The Morgan fingerprint density at radius 3 is 2.69 bits per heavy atom. The highest BCUT2D eigenvalue weighted by Crippen LogP contribution is 2.21. The van der Waals surface area contributed by atoms with Gasteiger partial charge in [0.05, 0.1) is 10.9 Å². The van der Waals surface area contributed by atoms with Gasteiger partial charge in [-0.3, -0.25) is 9.36 Å². The van der Waals surface area contributed by atoms with Crippen molar-refractivity contribution >= 4 is 26.8 Å². The number of benzene rings is 1. The number of nitrogens with one attached hydrogen (secondary N) is 1. The van der Waals surface area contributed by atoms with Crippen molar-refractivity contribution in [3.8, 4) is 0 Å². The van der Waals surface area contributed by atoms with Gasteiger partial charge in [0.15, 0.2) is 0 Å². The van der Waals surface area contributed by atoms with Gasteiger partial charge in [-0.05, 0) is 31.5 Å². The monoisotopic (exact) mass is 282 g/mol. The van der Waals surface area contributed by atoms with Crippen LogP contribution in [0.1, 0.15) is 12.5 Å². The van der Waals surface area contributed by atoms with Gasteiger partial charge in [0, 0.05) is 11.0 Å². The highest BCUT2D eigenvalue weighted by atomic mass is 79.9. The molecule has 0 saturated carbocycles. The van der Waals surface area contributed by atoms with Gasteiger partial charge in [-0.15, -0.1) is 0 Å². The molecule has 1 aromatic heterocycles. The molecule has 0 amide bonds. The minimum Gasteiger partial charge on any atom is -0.306 e. The van der Waals surface area contributed by atoms with E-state index < -0.39 is 0 Å². The van der Waals surface area contributed by atoms with Gasteiger partial charge < -0.3 is 4.98 Å². The molecule has 4 nitrogen and oxygen atoms in total. The molecular formula is C11H11BrN2O2. The van der Waals surface area contributed by atoms with E-state index in [0.717, 1.165) is 10.0 Å². The Hall–Kier alpha value is -1.36. The lowest BCUT2D eigenvalue weighted by Gasteiger charge is -2.06. The van der Waals surface area contributed by atoms with E-state index in [1.807, 2.05) is 13.0 Å². The Morgan fingerprint density at radius 2 is 2.06 bits per heavy atom. The van der Waals surface area contributed by atoms with Gasteiger partial charge in [-0.25, -0.2) is 4.79 Å². The summed E-state index contributed by atoms with van der Waals surface area (Å²) in [7, 11) is 0. The molecule has 1 heterocycles. The van der Waals surface area contributed by atoms with Crippen LogP contribution < -0.4 is 11.2 Å². The largest absolute Gasteiger partial charge is 0.328 e. The third-order valence-electron chi connectivity index (χ3n) is 2.67. The number of fused-ring (bicyclic) bond motifs is 1. The topological polar surface area (TPSA) is 54.9 Å². The normalized spacial score (nSPS) is 10.9. The van der Waals surface area contributed by atoms with Crippen LogP contribution in [0.25, 0.3) is 10.9 Å². The zero-order valence-corrected chi connectivity index (χ0v) is 10.6. The molecule has 1 aromatic carbocycles. The third kappa shape index (κ3) is 1.51. The van der Waals surface area contributed by atoms with Crippen LogP contribution >= 0.6 is 15.9 Å². The summed E-state index contributed by atoms with van der Waals surface area (Å²) in [5, 5.41) is 0.544. The van der Waals surface area contributed by atoms with Gasteiger partial charge >= 0.3 is 5.69 Å². The van der Waals surface area contributed by atoms with E-state index in [-0.39, 0.29) is 11.2 Å². The van der Waals surface area contributed by atoms with Crippen molar-refractivity contribution in [3.63, 3.8) is 0 Å². The first-order chi connectivity index (χ1) is 7.56. The predicted octanol–water partition coefficient (Wildman–Crippen LogP) is 1.78. The fraction of sp³-hybridized carbons (Fsp3) is 0.273. The van der Waals surface area contributed by atoms with Gasteiger partial charge in [-0.2, -0.15) is 0 Å². The number of hydrogen-bond acceptors (Lipinski definition) is 2. The molecule has 5 heteroatoms. The predicted molar refractivity (Wildman–Crippen MR) is 66.9 cm³/mol. The highest BCUT2D eigenvalue weighted by molar-refractivity contribution is 9.10. The van der Waals surface area contributed by atoms with Crippen LogP contribution in [0.15, 0.2) is 26.2 Å². The van der Waals surface area contributed by atoms with Gasteiger partial charge in [0.25, 0.3) is 5.56 Å². The lowest BCUT2D eigenvalue weighted by Crippen LogP contribution is -2.34. The summed E-state index contributed by atoms with van der Waals surface area (Å²) >= 11 is 3.37. The van der Waals surface area contributed by atoms with Crippen LogP contribution in [0.5, 0.6) is 0 Å². The number of nitrogens with zero attached hydrogens (tertiary/aromatic N) is 1. The summed E-state index contributed by atoms with van der Waals surface area (Å²) in [6.45, 7) is 4.01. The third-order valence-corrected chi connectivity index (χ3v) is 3.53. The van der Waals surface area contributed by atoms with E-state index >= 15 is 0 Å². The van der Waals surface area contributed by atoms with E-state index in [9.17, 15) is 9.59 Å². The van der Waals surface area contributed by atoms with Crippen molar-refractivity contribution in [2.45, 2.75) is 20.4 Å². The van der Waals surface area contributed by atoms with Crippen molar-refractivity contribution < 1.29 is 0 Å². The molecule has 0 atom stereocenters. The lowest BCUT2D eigenvalue weighted by atomic mass is 10.1. The van der Waals surface area contributed by atoms with Crippen molar-refractivity contribution in [3.05, 3.63) is 43.0 Å². The number of aromatic nitrogens is 2. The first-order valence-corrected chi connectivity index (χ1v) is 5.77. The Bertz CT molecular complexity index is 670.